The highest BCUT2D eigenvalue weighted by molar-refractivity contribution is 6.05. The van der Waals surface area contributed by atoms with Gasteiger partial charge in [0.2, 0.25) is 0 Å². The van der Waals surface area contributed by atoms with E-state index in [2.05, 4.69) is 25.1 Å². The number of amides is 1. The molecule has 0 unspecified atom stereocenters. The third-order valence-electron chi connectivity index (χ3n) is 5.32. The molecule has 1 fully saturated rings. The van der Waals surface area contributed by atoms with Crippen molar-refractivity contribution < 1.29 is 4.79 Å². The molecule has 0 aliphatic carbocycles. The van der Waals surface area contributed by atoms with E-state index in [0.717, 1.165) is 41.9 Å². The standard InChI is InChI=1S/C19H20N6O/c26-19(17-14-5-2-1-4-13(14)7-9-21-17)24-10-11-25-16(12-24)22-23-18(25)15-6-3-8-20-15/h1-2,4-5,7,9,15,20H,3,6,8,10-12H2/t15-/m1/s1. The van der Waals surface area contributed by atoms with Crippen LogP contribution < -0.4 is 5.32 Å². The lowest BCUT2D eigenvalue weighted by Gasteiger charge is -2.28. The highest BCUT2D eigenvalue weighted by Crippen LogP contribution is 2.25. The van der Waals surface area contributed by atoms with Gasteiger partial charge in [0.25, 0.3) is 5.91 Å². The summed E-state index contributed by atoms with van der Waals surface area (Å²) in [5.74, 6) is 1.82. The molecular weight excluding hydrogens is 328 g/mol. The first-order chi connectivity index (χ1) is 12.8. The summed E-state index contributed by atoms with van der Waals surface area (Å²) in [5.41, 5.74) is 0.508. The maximum atomic E-state index is 13.1. The van der Waals surface area contributed by atoms with E-state index in [1.54, 1.807) is 6.20 Å². The highest BCUT2D eigenvalue weighted by atomic mass is 16.2. The minimum Gasteiger partial charge on any atom is -0.328 e. The number of rotatable bonds is 2. The Balaban J connectivity index is 1.43. The number of nitrogens with zero attached hydrogens (tertiary/aromatic N) is 5. The van der Waals surface area contributed by atoms with Gasteiger partial charge in [0.15, 0.2) is 5.82 Å². The summed E-state index contributed by atoms with van der Waals surface area (Å²) < 4.78 is 2.17. The van der Waals surface area contributed by atoms with Crippen LogP contribution in [0.25, 0.3) is 10.8 Å². The zero-order valence-corrected chi connectivity index (χ0v) is 14.4. The van der Waals surface area contributed by atoms with E-state index < -0.39 is 0 Å². The molecule has 7 nitrogen and oxygen atoms in total. The Morgan fingerprint density at radius 3 is 2.96 bits per heavy atom. The molecule has 0 saturated carbocycles. The summed E-state index contributed by atoms with van der Waals surface area (Å²) in [6.07, 6.45) is 3.97. The minimum absolute atomic E-state index is 0.0448. The Bertz CT molecular complexity index is 970. The van der Waals surface area contributed by atoms with E-state index in [1.165, 1.54) is 6.42 Å². The number of benzene rings is 1. The van der Waals surface area contributed by atoms with E-state index in [9.17, 15) is 4.79 Å². The third-order valence-corrected chi connectivity index (χ3v) is 5.32. The summed E-state index contributed by atoms with van der Waals surface area (Å²) in [4.78, 5) is 19.3. The van der Waals surface area contributed by atoms with Gasteiger partial charge < -0.3 is 14.8 Å². The maximum absolute atomic E-state index is 13.1. The Kier molecular flexibility index (Phi) is 3.67. The van der Waals surface area contributed by atoms with E-state index in [1.807, 2.05) is 35.2 Å². The van der Waals surface area contributed by atoms with Crippen LogP contribution in [-0.2, 0) is 13.1 Å². The molecule has 1 aromatic carbocycles. The van der Waals surface area contributed by atoms with E-state index in [-0.39, 0.29) is 5.91 Å². The first kappa shape index (κ1) is 15.5. The van der Waals surface area contributed by atoms with Crippen molar-refractivity contribution in [2.24, 2.45) is 0 Å². The Labute approximate surface area is 151 Å². The topological polar surface area (TPSA) is 75.9 Å². The predicted octanol–water partition coefficient (Wildman–Crippen LogP) is 1.91. The van der Waals surface area contributed by atoms with E-state index in [4.69, 9.17) is 0 Å². The number of hydrogen-bond donors (Lipinski definition) is 1. The fourth-order valence-electron chi connectivity index (χ4n) is 3.96. The van der Waals surface area contributed by atoms with Crippen molar-refractivity contribution in [3.8, 4) is 0 Å². The minimum atomic E-state index is -0.0448. The number of aromatic nitrogens is 4. The van der Waals surface area contributed by atoms with Crippen LogP contribution in [0.4, 0.5) is 0 Å². The van der Waals surface area contributed by atoms with Crippen molar-refractivity contribution in [1.29, 1.82) is 0 Å². The number of pyridine rings is 1. The van der Waals surface area contributed by atoms with Gasteiger partial charge in [-0.1, -0.05) is 24.3 Å². The number of carbonyl (C=O) groups excluding carboxylic acids is 1. The van der Waals surface area contributed by atoms with Crippen LogP contribution in [0.15, 0.2) is 36.5 Å². The molecule has 0 radical (unpaired) electrons. The lowest BCUT2D eigenvalue weighted by molar-refractivity contribution is 0.0702. The first-order valence-electron chi connectivity index (χ1n) is 9.09. The second-order valence-corrected chi connectivity index (χ2v) is 6.88. The van der Waals surface area contributed by atoms with Crippen molar-refractivity contribution in [3.05, 3.63) is 53.9 Å². The summed E-state index contributed by atoms with van der Waals surface area (Å²) >= 11 is 0. The monoisotopic (exact) mass is 348 g/mol. The van der Waals surface area contributed by atoms with E-state index >= 15 is 0 Å². The van der Waals surface area contributed by atoms with Crippen molar-refractivity contribution >= 4 is 16.7 Å². The largest absolute Gasteiger partial charge is 0.328 e. The molecule has 7 heteroatoms. The average Bonchev–Trinajstić information content (AvgIpc) is 3.35. The molecule has 0 bridgehead atoms. The van der Waals surface area contributed by atoms with Gasteiger partial charge in [0.05, 0.1) is 12.6 Å². The summed E-state index contributed by atoms with van der Waals surface area (Å²) in [5, 5.41) is 14.1. The molecule has 2 aliphatic rings. The van der Waals surface area contributed by atoms with Gasteiger partial charge in [-0.2, -0.15) is 0 Å². The van der Waals surface area contributed by atoms with Crippen LogP contribution >= 0.6 is 0 Å². The highest BCUT2D eigenvalue weighted by Gasteiger charge is 2.30. The number of nitrogens with one attached hydrogen (secondary N) is 1. The molecule has 1 amide bonds. The smallest absolute Gasteiger partial charge is 0.273 e. The van der Waals surface area contributed by atoms with Gasteiger partial charge >= 0.3 is 0 Å². The Hall–Kier alpha value is -2.80. The lowest BCUT2D eigenvalue weighted by Crippen LogP contribution is -2.39. The van der Waals surface area contributed by atoms with Crippen LogP contribution in [0.2, 0.25) is 0 Å². The molecule has 1 N–H and O–H groups in total. The molecule has 132 valence electrons. The van der Waals surface area contributed by atoms with Gasteiger partial charge in [-0.25, -0.2) is 0 Å². The molecule has 0 spiro atoms. The zero-order chi connectivity index (χ0) is 17.5. The number of fused-ring (bicyclic) bond motifs is 2. The normalized spacial score (nSPS) is 19.7. The second-order valence-electron chi connectivity index (χ2n) is 6.88. The molecule has 2 aliphatic heterocycles. The summed E-state index contributed by atoms with van der Waals surface area (Å²) in [6.45, 7) is 2.88. The van der Waals surface area contributed by atoms with Crippen LogP contribution in [-0.4, -0.2) is 43.6 Å². The van der Waals surface area contributed by atoms with Gasteiger partial charge in [0, 0.05) is 24.7 Å². The quantitative estimate of drug-likeness (QED) is 0.766. The third kappa shape index (κ3) is 2.47. The van der Waals surface area contributed by atoms with Gasteiger partial charge in [-0.05, 0) is 30.8 Å². The van der Waals surface area contributed by atoms with Crippen molar-refractivity contribution in [2.45, 2.75) is 32.0 Å². The van der Waals surface area contributed by atoms with Crippen molar-refractivity contribution in [1.82, 2.24) is 30.0 Å². The zero-order valence-electron chi connectivity index (χ0n) is 14.4. The molecule has 5 rings (SSSR count). The summed E-state index contributed by atoms with van der Waals surface area (Å²) in [7, 11) is 0. The predicted molar refractivity (Wildman–Crippen MR) is 96.5 cm³/mol. The SMILES string of the molecule is O=C(c1nccc2ccccc12)N1CCn2c(nnc2[C@H]2CCCN2)C1. The fourth-order valence-corrected chi connectivity index (χ4v) is 3.96. The number of hydrogen-bond acceptors (Lipinski definition) is 5. The second kappa shape index (κ2) is 6.17. The Morgan fingerprint density at radius 2 is 2.08 bits per heavy atom. The molecule has 1 saturated heterocycles. The number of carbonyl (C=O) groups is 1. The van der Waals surface area contributed by atoms with Crippen molar-refractivity contribution in [2.75, 3.05) is 13.1 Å². The van der Waals surface area contributed by atoms with Gasteiger partial charge in [-0.15, -0.1) is 10.2 Å². The Morgan fingerprint density at radius 1 is 1.15 bits per heavy atom. The molecule has 26 heavy (non-hydrogen) atoms. The molecule has 4 heterocycles. The van der Waals surface area contributed by atoms with Crippen LogP contribution in [0.3, 0.4) is 0 Å². The van der Waals surface area contributed by atoms with Gasteiger partial charge in [-0.3, -0.25) is 9.78 Å². The molecular formula is C19H20N6O. The fraction of sp³-hybridized carbons (Fsp3) is 0.368. The van der Waals surface area contributed by atoms with Crippen LogP contribution in [0, 0.1) is 0 Å². The first-order valence-corrected chi connectivity index (χ1v) is 9.09. The lowest BCUT2D eigenvalue weighted by atomic mass is 10.1. The van der Waals surface area contributed by atoms with Crippen LogP contribution in [0.1, 0.15) is 41.0 Å². The average molecular weight is 348 g/mol. The maximum Gasteiger partial charge on any atom is 0.273 e. The van der Waals surface area contributed by atoms with Crippen molar-refractivity contribution in [3.63, 3.8) is 0 Å². The molecule has 2 aromatic heterocycles. The summed E-state index contributed by atoms with van der Waals surface area (Å²) in [6, 6.07) is 10.1. The molecule has 3 aromatic rings. The van der Waals surface area contributed by atoms with Crippen LogP contribution in [0.5, 0.6) is 0 Å². The van der Waals surface area contributed by atoms with Gasteiger partial charge in [0.1, 0.15) is 11.5 Å². The molecule has 1 atom stereocenters. The van der Waals surface area contributed by atoms with E-state index in [0.29, 0.717) is 24.8 Å².